The van der Waals surface area contributed by atoms with Crippen molar-refractivity contribution in [3.8, 4) is 0 Å². The summed E-state index contributed by atoms with van der Waals surface area (Å²) in [5.74, 6) is 0.192. The summed E-state index contributed by atoms with van der Waals surface area (Å²) in [6.45, 7) is 1.64. The second-order valence-corrected chi connectivity index (χ2v) is 6.39. The Morgan fingerprint density at radius 1 is 1.20 bits per heavy atom. The van der Waals surface area contributed by atoms with Gasteiger partial charge in [-0.15, -0.1) is 0 Å². The van der Waals surface area contributed by atoms with E-state index >= 15 is 0 Å². The zero-order valence-electron chi connectivity index (χ0n) is 12.9. The molecule has 0 radical (unpaired) electrons. The first kappa shape index (κ1) is 15.8. The minimum absolute atomic E-state index is 0.0453. The Balaban J connectivity index is 1.66. The molecular formula is C16H30N2O2. The number of rotatable bonds is 6. The van der Waals surface area contributed by atoms with E-state index in [0.717, 1.165) is 38.8 Å². The maximum Gasteiger partial charge on any atom is 0.221 e. The molecule has 2 fully saturated rings. The molecule has 4 nitrogen and oxygen atoms in total. The molecule has 0 bridgehead atoms. The van der Waals surface area contributed by atoms with Gasteiger partial charge in [0.25, 0.3) is 0 Å². The molecule has 116 valence electrons. The molecule has 20 heavy (non-hydrogen) atoms. The molecule has 1 saturated heterocycles. The molecule has 0 aromatic heterocycles. The van der Waals surface area contributed by atoms with Crippen molar-refractivity contribution in [2.45, 2.75) is 75.9 Å². The van der Waals surface area contributed by atoms with Crippen molar-refractivity contribution >= 4 is 5.91 Å². The van der Waals surface area contributed by atoms with Gasteiger partial charge >= 0.3 is 0 Å². The van der Waals surface area contributed by atoms with Crippen molar-refractivity contribution in [3.63, 3.8) is 0 Å². The van der Waals surface area contributed by atoms with Gasteiger partial charge in [0.15, 0.2) is 0 Å². The summed E-state index contributed by atoms with van der Waals surface area (Å²) in [4.78, 5) is 12.1. The molecule has 1 aliphatic carbocycles. The van der Waals surface area contributed by atoms with Gasteiger partial charge in [-0.1, -0.05) is 19.3 Å². The SMILES string of the molecule is CNC1(CC(=O)NCCC2CCCCO2)CCCCC1. The second kappa shape index (κ2) is 7.99. The van der Waals surface area contributed by atoms with Crippen LogP contribution in [0.2, 0.25) is 0 Å². The highest BCUT2D eigenvalue weighted by molar-refractivity contribution is 5.77. The predicted octanol–water partition coefficient (Wildman–Crippen LogP) is 2.37. The first-order chi connectivity index (χ1) is 9.74. The standard InChI is InChI=1S/C16H30N2O2/c1-17-16(9-4-2-5-10-16)13-15(19)18-11-8-14-7-3-6-12-20-14/h14,17H,2-13H2,1H3,(H,18,19). The number of hydrogen-bond acceptors (Lipinski definition) is 3. The first-order valence-corrected chi connectivity index (χ1v) is 8.31. The summed E-state index contributed by atoms with van der Waals surface area (Å²) < 4.78 is 5.69. The van der Waals surface area contributed by atoms with Gasteiger partial charge in [-0.05, 0) is 45.6 Å². The van der Waals surface area contributed by atoms with Crippen molar-refractivity contribution in [1.29, 1.82) is 0 Å². The van der Waals surface area contributed by atoms with Gasteiger partial charge in [-0.3, -0.25) is 4.79 Å². The summed E-state index contributed by atoms with van der Waals surface area (Å²) in [7, 11) is 1.99. The third-order valence-corrected chi connectivity index (χ3v) is 4.90. The maximum absolute atomic E-state index is 12.1. The highest BCUT2D eigenvalue weighted by Gasteiger charge is 2.32. The van der Waals surface area contributed by atoms with Crippen molar-refractivity contribution in [2.24, 2.45) is 0 Å². The monoisotopic (exact) mass is 282 g/mol. The lowest BCUT2D eigenvalue weighted by molar-refractivity contribution is -0.123. The van der Waals surface area contributed by atoms with E-state index in [4.69, 9.17) is 4.74 Å². The van der Waals surface area contributed by atoms with Crippen LogP contribution >= 0.6 is 0 Å². The van der Waals surface area contributed by atoms with Crippen LogP contribution in [0.5, 0.6) is 0 Å². The van der Waals surface area contributed by atoms with E-state index in [1.807, 2.05) is 7.05 Å². The Hall–Kier alpha value is -0.610. The predicted molar refractivity (Wildman–Crippen MR) is 80.7 cm³/mol. The molecular weight excluding hydrogens is 252 g/mol. The van der Waals surface area contributed by atoms with E-state index in [2.05, 4.69) is 10.6 Å². The Kier molecular flexibility index (Phi) is 6.30. The average molecular weight is 282 g/mol. The first-order valence-electron chi connectivity index (χ1n) is 8.31. The van der Waals surface area contributed by atoms with Gasteiger partial charge < -0.3 is 15.4 Å². The third-order valence-electron chi connectivity index (χ3n) is 4.90. The van der Waals surface area contributed by atoms with Crippen LogP contribution in [0.4, 0.5) is 0 Å². The lowest BCUT2D eigenvalue weighted by Gasteiger charge is -2.36. The summed E-state index contributed by atoms with van der Waals surface area (Å²) >= 11 is 0. The summed E-state index contributed by atoms with van der Waals surface area (Å²) in [6.07, 6.45) is 11.6. The Labute approximate surface area is 123 Å². The molecule has 1 amide bonds. The fourth-order valence-corrected chi connectivity index (χ4v) is 3.52. The number of ether oxygens (including phenoxy) is 1. The molecule has 0 aromatic carbocycles. The van der Waals surface area contributed by atoms with Gasteiger partial charge in [-0.25, -0.2) is 0 Å². The Morgan fingerprint density at radius 2 is 2.00 bits per heavy atom. The van der Waals surface area contributed by atoms with Gasteiger partial charge in [-0.2, -0.15) is 0 Å². The summed E-state index contributed by atoms with van der Waals surface area (Å²) in [5.41, 5.74) is 0.0453. The normalized spacial score (nSPS) is 26.1. The minimum atomic E-state index is 0.0453. The van der Waals surface area contributed by atoms with Gasteiger partial charge in [0, 0.05) is 25.1 Å². The lowest BCUT2D eigenvalue weighted by atomic mass is 9.79. The largest absolute Gasteiger partial charge is 0.378 e. The van der Waals surface area contributed by atoms with Crippen LogP contribution in [0.15, 0.2) is 0 Å². The number of hydrogen-bond donors (Lipinski definition) is 2. The number of amides is 1. The van der Waals surface area contributed by atoms with Gasteiger partial charge in [0.1, 0.15) is 0 Å². The number of nitrogens with one attached hydrogen (secondary N) is 2. The Bertz CT molecular complexity index is 295. The highest BCUT2D eigenvalue weighted by Crippen LogP contribution is 2.30. The zero-order chi connectivity index (χ0) is 14.3. The fourth-order valence-electron chi connectivity index (χ4n) is 3.52. The van der Waals surface area contributed by atoms with Gasteiger partial charge in [0.05, 0.1) is 6.10 Å². The van der Waals surface area contributed by atoms with E-state index in [9.17, 15) is 4.79 Å². The minimum Gasteiger partial charge on any atom is -0.378 e. The van der Waals surface area contributed by atoms with Crippen LogP contribution in [-0.4, -0.2) is 37.7 Å². The molecule has 2 rings (SSSR count). The smallest absolute Gasteiger partial charge is 0.221 e. The van der Waals surface area contributed by atoms with Crippen LogP contribution in [0.3, 0.4) is 0 Å². The molecule has 1 aliphatic heterocycles. The van der Waals surface area contributed by atoms with Crippen molar-refractivity contribution in [2.75, 3.05) is 20.2 Å². The quantitative estimate of drug-likeness (QED) is 0.786. The Morgan fingerprint density at radius 3 is 2.65 bits per heavy atom. The number of carbonyl (C=O) groups is 1. The second-order valence-electron chi connectivity index (χ2n) is 6.39. The van der Waals surface area contributed by atoms with Gasteiger partial charge in [0.2, 0.25) is 5.91 Å². The third kappa shape index (κ3) is 4.74. The van der Waals surface area contributed by atoms with E-state index in [-0.39, 0.29) is 11.4 Å². The molecule has 2 N–H and O–H groups in total. The molecule has 1 atom stereocenters. The fraction of sp³-hybridized carbons (Fsp3) is 0.938. The zero-order valence-corrected chi connectivity index (χ0v) is 12.9. The van der Waals surface area contributed by atoms with Crippen LogP contribution in [-0.2, 0) is 9.53 Å². The van der Waals surface area contributed by atoms with Crippen LogP contribution in [0, 0.1) is 0 Å². The molecule has 1 unspecified atom stereocenters. The van der Waals surface area contributed by atoms with E-state index in [1.165, 1.54) is 32.1 Å². The number of carbonyl (C=O) groups excluding carboxylic acids is 1. The van der Waals surface area contributed by atoms with E-state index < -0.39 is 0 Å². The molecule has 4 heteroatoms. The average Bonchev–Trinajstić information content (AvgIpc) is 2.49. The molecule has 1 saturated carbocycles. The lowest BCUT2D eigenvalue weighted by Crippen LogP contribution is -2.48. The van der Waals surface area contributed by atoms with E-state index in [0.29, 0.717) is 12.5 Å². The van der Waals surface area contributed by atoms with Crippen LogP contribution < -0.4 is 10.6 Å². The van der Waals surface area contributed by atoms with Crippen LogP contribution in [0.25, 0.3) is 0 Å². The molecule has 1 heterocycles. The van der Waals surface area contributed by atoms with Crippen molar-refractivity contribution in [1.82, 2.24) is 10.6 Å². The van der Waals surface area contributed by atoms with E-state index in [1.54, 1.807) is 0 Å². The van der Waals surface area contributed by atoms with Crippen molar-refractivity contribution < 1.29 is 9.53 Å². The molecule has 2 aliphatic rings. The van der Waals surface area contributed by atoms with Crippen molar-refractivity contribution in [3.05, 3.63) is 0 Å². The van der Waals surface area contributed by atoms with Crippen LogP contribution in [0.1, 0.15) is 64.2 Å². The summed E-state index contributed by atoms with van der Waals surface area (Å²) in [6, 6.07) is 0. The summed E-state index contributed by atoms with van der Waals surface area (Å²) in [5, 5.41) is 6.48. The topological polar surface area (TPSA) is 50.4 Å². The highest BCUT2D eigenvalue weighted by atomic mass is 16.5. The molecule has 0 aromatic rings. The molecule has 0 spiro atoms. The maximum atomic E-state index is 12.1.